The maximum absolute atomic E-state index is 8.98. The molecule has 0 amide bonds. The first-order valence-corrected chi connectivity index (χ1v) is 9.77. The number of rotatable bonds is 18. The van der Waals surface area contributed by atoms with Gasteiger partial charge in [-0.25, -0.2) is 0 Å². The van der Waals surface area contributed by atoms with Gasteiger partial charge < -0.3 is 15.9 Å². The Morgan fingerprint density at radius 1 is 0.500 bits per heavy atom. The van der Waals surface area contributed by atoms with Gasteiger partial charge in [-0.1, -0.05) is 83.5 Å². The Balaban J connectivity index is 3.02. The number of nitrogens with two attached hydrogens (primary N) is 1. The van der Waals surface area contributed by atoms with Gasteiger partial charge in [-0.2, -0.15) is 0 Å². The van der Waals surface area contributed by atoms with E-state index in [4.69, 9.17) is 15.9 Å². The normalized spacial score (nSPS) is 11.5. The van der Waals surface area contributed by atoms with Gasteiger partial charge in [0.05, 0.1) is 0 Å². The molecule has 3 heteroatoms. The largest absolute Gasteiger partial charge is 0.396 e. The minimum Gasteiger partial charge on any atom is -0.396 e. The second-order valence-corrected chi connectivity index (χ2v) is 6.76. The summed E-state index contributed by atoms with van der Waals surface area (Å²) < 4.78 is 0. The van der Waals surface area contributed by atoms with Crippen molar-refractivity contribution in [3.05, 3.63) is 0 Å². The third-order valence-corrected chi connectivity index (χ3v) is 4.58. The average molecular weight is 316 g/mol. The maximum atomic E-state index is 8.98. The Kier molecular flexibility index (Phi) is 18.8. The van der Waals surface area contributed by atoms with Crippen LogP contribution in [0.1, 0.15) is 96.3 Å². The third-order valence-electron chi connectivity index (χ3n) is 4.58. The first kappa shape index (κ1) is 21.9. The number of unbranched alkanes of at least 4 members (excludes halogenated alkanes) is 13. The molecule has 0 aliphatic carbocycles. The standard InChI is InChI=1S/C19H41NO2/c20-16-14-12-10-8-6-4-2-1-3-5-7-9-11-13-15-19(17-21)18-22/h19,21-22H,1-18,20H2. The first-order valence-electron chi connectivity index (χ1n) is 9.77. The molecule has 0 fully saturated rings. The van der Waals surface area contributed by atoms with E-state index in [1.165, 1.54) is 83.5 Å². The molecule has 0 aromatic rings. The van der Waals surface area contributed by atoms with Crippen molar-refractivity contribution in [2.24, 2.45) is 11.7 Å². The predicted octanol–water partition coefficient (Wildman–Crippen LogP) is 4.40. The zero-order chi connectivity index (χ0) is 16.3. The molecule has 0 aliphatic rings. The zero-order valence-corrected chi connectivity index (χ0v) is 14.8. The van der Waals surface area contributed by atoms with Crippen molar-refractivity contribution in [2.45, 2.75) is 96.3 Å². The van der Waals surface area contributed by atoms with E-state index in [1.54, 1.807) is 0 Å². The second kappa shape index (κ2) is 18.9. The predicted molar refractivity (Wildman–Crippen MR) is 96.0 cm³/mol. The van der Waals surface area contributed by atoms with Crippen LogP contribution in [0, 0.1) is 5.92 Å². The highest BCUT2D eigenvalue weighted by atomic mass is 16.3. The van der Waals surface area contributed by atoms with Gasteiger partial charge >= 0.3 is 0 Å². The number of aliphatic hydroxyl groups excluding tert-OH is 2. The van der Waals surface area contributed by atoms with Gasteiger partial charge in [-0.15, -0.1) is 0 Å². The molecular formula is C19H41NO2. The Morgan fingerprint density at radius 2 is 0.818 bits per heavy atom. The van der Waals surface area contributed by atoms with Gasteiger partial charge in [-0.05, 0) is 19.4 Å². The highest BCUT2D eigenvalue weighted by molar-refractivity contribution is 4.56. The molecule has 0 bridgehead atoms. The lowest BCUT2D eigenvalue weighted by Gasteiger charge is -2.09. The molecule has 0 unspecified atom stereocenters. The Hall–Kier alpha value is -0.120. The van der Waals surface area contributed by atoms with Crippen LogP contribution in [-0.2, 0) is 0 Å². The SMILES string of the molecule is NCCCCCCCCCCCCCCCCC(CO)CO. The van der Waals surface area contributed by atoms with Gasteiger partial charge in [0.15, 0.2) is 0 Å². The van der Waals surface area contributed by atoms with Crippen LogP contribution < -0.4 is 5.73 Å². The fraction of sp³-hybridized carbons (Fsp3) is 1.00. The smallest absolute Gasteiger partial charge is 0.0481 e. The molecule has 0 aliphatic heterocycles. The van der Waals surface area contributed by atoms with Crippen LogP contribution in [0.15, 0.2) is 0 Å². The molecule has 0 spiro atoms. The van der Waals surface area contributed by atoms with Gasteiger partial charge in [0.25, 0.3) is 0 Å². The van der Waals surface area contributed by atoms with Crippen molar-refractivity contribution in [3.8, 4) is 0 Å². The van der Waals surface area contributed by atoms with E-state index >= 15 is 0 Å². The molecule has 0 aromatic heterocycles. The van der Waals surface area contributed by atoms with Crippen LogP contribution >= 0.6 is 0 Å². The fourth-order valence-corrected chi connectivity index (χ4v) is 2.94. The van der Waals surface area contributed by atoms with Crippen LogP contribution in [0.2, 0.25) is 0 Å². The summed E-state index contributed by atoms with van der Waals surface area (Å²) in [4.78, 5) is 0. The highest BCUT2D eigenvalue weighted by Crippen LogP contribution is 2.14. The van der Waals surface area contributed by atoms with Crippen molar-refractivity contribution >= 4 is 0 Å². The molecule has 0 saturated carbocycles. The minimum atomic E-state index is 0.107. The lowest BCUT2D eigenvalue weighted by Crippen LogP contribution is -2.10. The molecule has 0 aromatic carbocycles. The van der Waals surface area contributed by atoms with E-state index < -0.39 is 0 Å². The van der Waals surface area contributed by atoms with Crippen molar-refractivity contribution in [3.63, 3.8) is 0 Å². The summed E-state index contributed by atoms with van der Waals surface area (Å²) in [5.74, 6) is 0.107. The molecule has 0 atom stereocenters. The van der Waals surface area contributed by atoms with Gasteiger partial charge in [0.2, 0.25) is 0 Å². The summed E-state index contributed by atoms with van der Waals surface area (Å²) in [5.41, 5.74) is 5.48. The van der Waals surface area contributed by atoms with Crippen LogP contribution in [0.5, 0.6) is 0 Å². The van der Waals surface area contributed by atoms with Crippen molar-refractivity contribution in [1.29, 1.82) is 0 Å². The Bertz CT molecular complexity index is 196. The number of hydrogen-bond donors (Lipinski definition) is 3. The maximum Gasteiger partial charge on any atom is 0.0481 e. The van der Waals surface area contributed by atoms with Gasteiger partial charge in [0.1, 0.15) is 0 Å². The number of hydrogen-bond acceptors (Lipinski definition) is 3. The van der Waals surface area contributed by atoms with Crippen molar-refractivity contribution in [2.75, 3.05) is 19.8 Å². The van der Waals surface area contributed by atoms with Crippen molar-refractivity contribution in [1.82, 2.24) is 0 Å². The molecule has 22 heavy (non-hydrogen) atoms. The quantitative estimate of drug-likeness (QED) is 0.328. The van der Waals surface area contributed by atoms with E-state index in [0.717, 1.165) is 19.4 Å². The van der Waals surface area contributed by atoms with E-state index in [2.05, 4.69) is 0 Å². The van der Waals surface area contributed by atoms with Crippen LogP contribution in [0.3, 0.4) is 0 Å². The molecule has 0 heterocycles. The summed E-state index contributed by atoms with van der Waals surface area (Å²) in [6.07, 6.45) is 19.7. The average Bonchev–Trinajstić information content (AvgIpc) is 2.55. The van der Waals surface area contributed by atoms with E-state index in [1.807, 2.05) is 0 Å². The molecule has 134 valence electrons. The summed E-state index contributed by atoms with van der Waals surface area (Å²) >= 11 is 0. The second-order valence-electron chi connectivity index (χ2n) is 6.76. The van der Waals surface area contributed by atoms with Crippen LogP contribution in [-0.4, -0.2) is 30.0 Å². The summed E-state index contributed by atoms with van der Waals surface area (Å²) in [6, 6.07) is 0. The van der Waals surface area contributed by atoms with E-state index in [-0.39, 0.29) is 19.1 Å². The fourth-order valence-electron chi connectivity index (χ4n) is 2.94. The monoisotopic (exact) mass is 315 g/mol. The summed E-state index contributed by atoms with van der Waals surface area (Å²) in [7, 11) is 0. The lowest BCUT2D eigenvalue weighted by molar-refractivity contribution is 0.141. The molecular weight excluding hydrogens is 274 g/mol. The molecule has 0 saturated heterocycles. The van der Waals surface area contributed by atoms with Crippen molar-refractivity contribution < 1.29 is 10.2 Å². The Morgan fingerprint density at radius 3 is 1.14 bits per heavy atom. The van der Waals surface area contributed by atoms with E-state index in [0.29, 0.717) is 0 Å². The van der Waals surface area contributed by atoms with Gasteiger partial charge in [0, 0.05) is 19.1 Å². The zero-order valence-electron chi connectivity index (χ0n) is 14.8. The molecule has 4 N–H and O–H groups in total. The van der Waals surface area contributed by atoms with Crippen LogP contribution in [0.25, 0.3) is 0 Å². The van der Waals surface area contributed by atoms with Crippen LogP contribution in [0.4, 0.5) is 0 Å². The highest BCUT2D eigenvalue weighted by Gasteiger charge is 2.04. The third kappa shape index (κ3) is 16.3. The van der Waals surface area contributed by atoms with Gasteiger partial charge in [-0.3, -0.25) is 0 Å². The Labute approximate surface area is 138 Å². The topological polar surface area (TPSA) is 66.5 Å². The minimum absolute atomic E-state index is 0.107. The lowest BCUT2D eigenvalue weighted by atomic mass is 10.0. The summed E-state index contributed by atoms with van der Waals surface area (Å²) in [6.45, 7) is 1.11. The summed E-state index contributed by atoms with van der Waals surface area (Å²) in [5, 5.41) is 18.0. The molecule has 0 rings (SSSR count). The first-order chi connectivity index (χ1) is 10.8. The molecule has 0 radical (unpaired) electrons. The van der Waals surface area contributed by atoms with E-state index in [9.17, 15) is 0 Å². The number of aliphatic hydroxyl groups is 2. The molecule has 3 nitrogen and oxygen atoms in total.